The molecular weight excluding hydrogens is 419 g/mol. The monoisotopic (exact) mass is 437 g/mol. The van der Waals surface area contributed by atoms with E-state index in [1.165, 1.54) is 12.3 Å². The molecule has 3 rings (SSSR count). The van der Waals surface area contributed by atoms with E-state index in [9.17, 15) is 22.8 Å². The van der Waals surface area contributed by atoms with E-state index >= 15 is 0 Å². The molecule has 1 aromatic carbocycles. The molecule has 0 bridgehead atoms. The van der Waals surface area contributed by atoms with Gasteiger partial charge in [0.15, 0.2) is 0 Å². The summed E-state index contributed by atoms with van der Waals surface area (Å²) in [6.07, 6.45) is -4.59. The Morgan fingerprint density at radius 3 is 2.47 bits per heavy atom. The number of hydrogen-bond donors (Lipinski definition) is 1. The number of aromatic nitrogens is 2. The third kappa shape index (κ3) is 4.54. The first kappa shape index (κ1) is 21.6. The van der Waals surface area contributed by atoms with Gasteiger partial charge in [-0.2, -0.15) is 18.3 Å². The molecule has 1 N–H and O–H groups in total. The van der Waals surface area contributed by atoms with Crippen molar-refractivity contribution in [3.05, 3.63) is 69.4 Å². The molecule has 0 aliphatic carbocycles. The summed E-state index contributed by atoms with van der Waals surface area (Å²) >= 11 is 1.03. The quantitative estimate of drug-likeness (QED) is 0.589. The molecule has 1 amide bonds. The number of carbonyl (C=O) groups excluding carboxylic acids is 2. The highest BCUT2D eigenvalue weighted by molar-refractivity contribution is 7.15. The Labute approximate surface area is 174 Å². The van der Waals surface area contributed by atoms with Gasteiger partial charge in [-0.1, -0.05) is 17.7 Å². The fourth-order valence-corrected chi connectivity index (χ4v) is 3.80. The molecule has 30 heavy (non-hydrogen) atoms. The van der Waals surface area contributed by atoms with Crippen molar-refractivity contribution in [1.82, 2.24) is 9.78 Å². The van der Waals surface area contributed by atoms with Crippen LogP contribution in [0.3, 0.4) is 0 Å². The molecule has 0 aliphatic rings. The minimum Gasteiger partial charge on any atom is -0.465 e. The smallest absolute Gasteiger partial charge is 0.433 e. The third-order valence-corrected chi connectivity index (χ3v) is 5.25. The summed E-state index contributed by atoms with van der Waals surface area (Å²) in [6, 6.07) is 7.76. The Hall–Kier alpha value is -3.14. The van der Waals surface area contributed by atoms with E-state index in [-0.39, 0.29) is 28.4 Å². The zero-order valence-corrected chi connectivity index (χ0v) is 17.1. The van der Waals surface area contributed by atoms with Crippen LogP contribution in [0.2, 0.25) is 0 Å². The van der Waals surface area contributed by atoms with Crippen LogP contribution in [0.15, 0.2) is 35.7 Å². The second kappa shape index (κ2) is 8.31. The van der Waals surface area contributed by atoms with Gasteiger partial charge in [0, 0.05) is 11.1 Å². The number of ether oxygens (including phenoxy) is 1. The maximum Gasteiger partial charge on any atom is 0.433 e. The fraction of sp³-hybridized carbons (Fsp3) is 0.250. The Morgan fingerprint density at radius 1 is 1.20 bits per heavy atom. The van der Waals surface area contributed by atoms with Crippen LogP contribution in [0.1, 0.15) is 43.2 Å². The normalized spacial score (nSPS) is 11.4. The average Bonchev–Trinajstić information content (AvgIpc) is 3.25. The summed E-state index contributed by atoms with van der Waals surface area (Å²) in [4.78, 5) is 24.9. The van der Waals surface area contributed by atoms with E-state index in [2.05, 4.69) is 10.4 Å². The van der Waals surface area contributed by atoms with Gasteiger partial charge in [0.05, 0.1) is 24.9 Å². The number of halogens is 3. The lowest BCUT2D eigenvalue weighted by Gasteiger charge is -2.11. The summed E-state index contributed by atoms with van der Waals surface area (Å²) in [5, 5.41) is 8.23. The van der Waals surface area contributed by atoms with Crippen molar-refractivity contribution in [2.45, 2.75) is 26.6 Å². The second-order valence-corrected chi connectivity index (χ2v) is 7.48. The zero-order chi connectivity index (χ0) is 22.1. The molecule has 2 heterocycles. The van der Waals surface area contributed by atoms with E-state index in [4.69, 9.17) is 4.74 Å². The van der Waals surface area contributed by atoms with Crippen molar-refractivity contribution in [2.75, 3.05) is 12.4 Å². The molecule has 158 valence electrons. The highest BCUT2D eigenvalue weighted by Crippen LogP contribution is 2.33. The fourth-order valence-electron chi connectivity index (χ4n) is 2.86. The lowest BCUT2D eigenvalue weighted by atomic mass is 10.1. The molecule has 6 nitrogen and oxygen atoms in total. The van der Waals surface area contributed by atoms with Crippen LogP contribution in [-0.4, -0.2) is 28.8 Å². The van der Waals surface area contributed by atoms with Gasteiger partial charge in [-0.05, 0) is 37.4 Å². The minimum absolute atomic E-state index is 0.00393. The van der Waals surface area contributed by atoms with Crippen molar-refractivity contribution < 1.29 is 27.5 Å². The summed E-state index contributed by atoms with van der Waals surface area (Å²) < 4.78 is 45.4. The van der Waals surface area contributed by atoms with Gasteiger partial charge >= 0.3 is 12.1 Å². The summed E-state index contributed by atoms with van der Waals surface area (Å²) in [6.45, 7) is 3.03. The maximum absolute atomic E-state index is 13.3. The van der Waals surface area contributed by atoms with Crippen molar-refractivity contribution in [3.63, 3.8) is 0 Å². The van der Waals surface area contributed by atoms with E-state index in [1.807, 2.05) is 6.92 Å². The number of nitrogens with zero attached hydrogens (tertiary/aromatic N) is 2. The van der Waals surface area contributed by atoms with Crippen LogP contribution in [0.4, 0.5) is 18.2 Å². The maximum atomic E-state index is 13.3. The number of amides is 1. The Balaban J connectivity index is 1.94. The van der Waals surface area contributed by atoms with Gasteiger partial charge in [-0.25, -0.2) is 4.79 Å². The number of benzene rings is 1. The molecule has 0 fully saturated rings. The van der Waals surface area contributed by atoms with E-state index < -0.39 is 23.7 Å². The van der Waals surface area contributed by atoms with Gasteiger partial charge in [0.25, 0.3) is 5.91 Å². The number of esters is 1. The second-order valence-electron chi connectivity index (χ2n) is 6.60. The number of aryl methyl sites for hydroxylation is 2. The zero-order valence-electron chi connectivity index (χ0n) is 16.3. The molecule has 0 radical (unpaired) electrons. The number of thiophene rings is 1. The van der Waals surface area contributed by atoms with Gasteiger partial charge in [0.1, 0.15) is 10.7 Å². The minimum atomic E-state index is -4.59. The number of hydrogen-bond acceptors (Lipinski definition) is 5. The molecule has 0 aliphatic heterocycles. The third-order valence-electron chi connectivity index (χ3n) is 4.31. The summed E-state index contributed by atoms with van der Waals surface area (Å²) in [5.41, 5.74) is 0.907. The predicted molar refractivity (Wildman–Crippen MR) is 106 cm³/mol. The largest absolute Gasteiger partial charge is 0.465 e. The molecule has 10 heteroatoms. The van der Waals surface area contributed by atoms with Crippen LogP contribution < -0.4 is 5.32 Å². The Bertz CT molecular complexity index is 1090. The molecule has 0 saturated carbocycles. The molecular formula is C20H18F3N3O3S. The Kier molecular flexibility index (Phi) is 5.97. The first-order valence-corrected chi connectivity index (χ1v) is 9.66. The highest BCUT2D eigenvalue weighted by atomic mass is 32.1. The van der Waals surface area contributed by atoms with Crippen LogP contribution in [0.25, 0.3) is 0 Å². The number of methoxy groups -OCH3 is 1. The lowest BCUT2D eigenvalue weighted by molar-refractivity contribution is -0.144. The van der Waals surface area contributed by atoms with Gasteiger partial charge < -0.3 is 10.1 Å². The first-order chi connectivity index (χ1) is 14.1. The van der Waals surface area contributed by atoms with Crippen molar-refractivity contribution in [1.29, 1.82) is 0 Å². The van der Waals surface area contributed by atoms with Gasteiger partial charge in [-0.3, -0.25) is 9.48 Å². The SMILES string of the molecule is COC(=O)c1c(Cn2nc(C)cc2C(F)(F)F)csc1NC(=O)c1ccc(C)cc1. The first-order valence-electron chi connectivity index (χ1n) is 8.78. The summed E-state index contributed by atoms with van der Waals surface area (Å²) in [5.74, 6) is -1.21. The predicted octanol–water partition coefficient (Wildman–Crippen LogP) is 4.67. The van der Waals surface area contributed by atoms with E-state index in [0.717, 1.165) is 34.8 Å². The van der Waals surface area contributed by atoms with Crippen molar-refractivity contribution in [2.24, 2.45) is 0 Å². The van der Waals surface area contributed by atoms with Crippen LogP contribution in [0.5, 0.6) is 0 Å². The van der Waals surface area contributed by atoms with Crippen LogP contribution in [0, 0.1) is 13.8 Å². The number of rotatable bonds is 5. The van der Waals surface area contributed by atoms with Crippen LogP contribution in [-0.2, 0) is 17.5 Å². The summed E-state index contributed by atoms with van der Waals surface area (Å²) in [7, 11) is 1.16. The van der Waals surface area contributed by atoms with Gasteiger partial charge in [-0.15, -0.1) is 11.3 Å². The molecule has 2 aromatic heterocycles. The standard InChI is InChI=1S/C20H18F3N3O3S/c1-11-4-6-13(7-5-11)17(27)24-18-16(19(28)29-3)14(10-30-18)9-26-15(20(21,22)23)8-12(2)25-26/h4-8,10H,9H2,1-3H3,(H,24,27). The number of alkyl halides is 3. The number of anilines is 1. The molecule has 0 spiro atoms. The van der Waals surface area contributed by atoms with Crippen LogP contribution >= 0.6 is 11.3 Å². The van der Waals surface area contributed by atoms with E-state index in [0.29, 0.717) is 5.56 Å². The highest BCUT2D eigenvalue weighted by Gasteiger charge is 2.36. The average molecular weight is 437 g/mol. The Morgan fingerprint density at radius 2 is 1.87 bits per heavy atom. The molecule has 0 unspecified atom stereocenters. The topological polar surface area (TPSA) is 73.2 Å². The van der Waals surface area contributed by atoms with Gasteiger partial charge in [0.2, 0.25) is 0 Å². The van der Waals surface area contributed by atoms with E-state index in [1.54, 1.807) is 24.3 Å². The number of carbonyl (C=O) groups is 2. The van der Waals surface area contributed by atoms with Crippen molar-refractivity contribution in [3.8, 4) is 0 Å². The molecule has 0 atom stereocenters. The number of nitrogens with one attached hydrogen (secondary N) is 1. The molecule has 3 aromatic rings. The van der Waals surface area contributed by atoms with Crippen molar-refractivity contribution >= 4 is 28.2 Å². The lowest BCUT2D eigenvalue weighted by Crippen LogP contribution is -2.18. The molecule has 0 saturated heterocycles.